The zero-order valence-corrected chi connectivity index (χ0v) is 25.8. The van der Waals surface area contributed by atoms with Crippen molar-refractivity contribution in [2.24, 2.45) is 10.9 Å². The van der Waals surface area contributed by atoms with Crippen LogP contribution in [0.25, 0.3) is 0 Å². The van der Waals surface area contributed by atoms with Gasteiger partial charge in [0, 0.05) is 55.1 Å². The van der Waals surface area contributed by atoms with Crippen LogP contribution in [-0.2, 0) is 4.79 Å². The van der Waals surface area contributed by atoms with Crippen molar-refractivity contribution >= 4 is 41.0 Å². The molecule has 1 saturated heterocycles. The number of benzene rings is 2. The molecule has 2 aliphatic heterocycles. The Kier molecular flexibility index (Phi) is 9.13. The molecule has 2 aromatic carbocycles. The normalized spacial score (nSPS) is 22.3. The van der Waals surface area contributed by atoms with E-state index in [9.17, 15) is 9.59 Å². The Morgan fingerprint density at radius 3 is 2.29 bits per heavy atom. The molecular weight excluding hydrogens is 575 g/mol. The van der Waals surface area contributed by atoms with Crippen molar-refractivity contribution < 1.29 is 19.1 Å². The Balaban J connectivity index is 1.63. The monoisotopic (exact) mass is 610 g/mol. The molecule has 2 aromatic rings. The van der Waals surface area contributed by atoms with E-state index in [0.29, 0.717) is 65.6 Å². The molecule has 3 amide bonds. The number of carbonyl (C=O) groups is 2. The van der Waals surface area contributed by atoms with Gasteiger partial charge in [-0.2, -0.15) is 0 Å². The molecule has 0 aromatic heterocycles. The Hall–Kier alpha value is -3.49. The maximum absolute atomic E-state index is 14.6. The number of ether oxygens (including phenoxy) is 2. The van der Waals surface area contributed by atoms with E-state index in [1.807, 2.05) is 78.3 Å². The summed E-state index contributed by atoms with van der Waals surface area (Å²) in [5.41, 5.74) is 1.66. The lowest BCUT2D eigenvalue weighted by Gasteiger charge is -2.40. The molecule has 5 rings (SSSR count). The van der Waals surface area contributed by atoms with E-state index in [-0.39, 0.29) is 36.0 Å². The van der Waals surface area contributed by atoms with Gasteiger partial charge in [0.25, 0.3) is 0 Å². The number of nitrogens with zero attached hydrogens (tertiary/aromatic N) is 4. The van der Waals surface area contributed by atoms with E-state index in [1.165, 1.54) is 0 Å². The number of amides is 3. The highest BCUT2D eigenvalue weighted by molar-refractivity contribution is 6.31. The van der Waals surface area contributed by atoms with Crippen LogP contribution in [0.4, 0.5) is 4.79 Å². The van der Waals surface area contributed by atoms with Crippen LogP contribution in [-0.4, -0.2) is 77.9 Å². The number of aliphatic imine (C=N–C) groups is 1. The topological polar surface area (TPSA) is 74.7 Å². The average Bonchev–Trinajstić information content (AvgIpc) is 3.37. The van der Waals surface area contributed by atoms with Gasteiger partial charge in [0.2, 0.25) is 5.91 Å². The SMILES string of the molecule is COc1ccc(C2=NC(c3ccc(Cl)cc3)C(C3C=CC(Cl)=CC3)N2C(=O)N2CCN(C(C)=O)CC2)c(OC(C)C)c1. The maximum Gasteiger partial charge on any atom is 0.326 e. The predicted molar refractivity (Wildman–Crippen MR) is 166 cm³/mol. The third-order valence-corrected chi connectivity index (χ3v) is 8.38. The average molecular weight is 612 g/mol. The lowest BCUT2D eigenvalue weighted by atomic mass is 9.85. The highest BCUT2D eigenvalue weighted by atomic mass is 35.5. The summed E-state index contributed by atoms with van der Waals surface area (Å²) < 4.78 is 11.8. The summed E-state index contributed by atoms with van der Waals surface area (Å²) in [5, 5.41) is 1.30. The van der Waals surface area contributed by atoms with Crippen molar-refractivity contribution in [2.75, 3.05) is 33.3 Å². The van der Waals surface area contributed by atoms with Crippen LogP contribution in [0.15, 0.2) is 70.7 Å². The van der Waals surface area contributed by atoms with Gasteiger partial charge in [-0.25, -0.2) is 4.79 Å². The fraction of sp³-hybridized carbons (Fsp3) is 0.406. The number of allylic oxidation sites excluding steroid dienone is 3. The molecular formula is C32H36Cl2N4O4. The summed E-state index contributed by atoms with van der Waals surface area (Å²) in [6, 6.07) is 12.4. The summed E-state index contributed by atoms with van der Waals surface area (Å²) in [5.74, 6) is 1.72. The Bertz CT molecular complexity index is 1410. The summed E-state index contributed by atoms with van der Waals surface area (Å²) in [7, 11) is 1.61. The summed E-state index contributed by atoms with van der Waals surface area (Å²) in [4.78, 5) is 37.3. The summed E-state index contributed by atoms with van der Waals surface area (Å²) >= 11 is 12.6. The van der Waals surface area contributed by atoms with Crippen LogP contribution >= 0.6 is 23.2 Å². The Morgan fingerprint density at radius 2 is 1.69 bits per heavy atom. The molecule has 3 atom stereocenters. The highest BCUT2D eigenvalue weighted by Crippen LogP contribution is 2.43. The van der Waals surface area contributed by atoms with E-state index < -0.39 is 0 Å². The first-order chi connectivity index (χ1) is 20.2. The fourth-order valence-electron chi connectivity index (χ4n) is 5.72. The minimum absolute atomic E-state index is 0.0101. The molecule has 1 aliphatic carbocycles. The molecule has 0 spiro atoms. The van der Waals surface area contributed by atoms with E-state index in [0.717, 1.165) is 5.56 Å². The number of amidine groups is 1. The molecule has 1 fully saturated rings. The van der Waals surface area contributed by atoms with Crippen molar-refractivity contribution in [3.05, 3.63) is 81.9 Å². The van der Waals surface area contributed by atoms with Crippen LogP contribution in [0.2, 0.25) is 5.02 Å². The van der Waals surface area contributed by atoms with Crippen molar-refractivity contribution in [1.82, 2.24) is 14.7 Å². The van der Waals surface area contributed by atoms with Gasteiger partial charge in [-0.1, -0.05) is 47.5 Å². The zero-order chi connectivity index (χ0) is 30.0. The van der Waals surface area contributed by atoms with E-state index in [4.69, 9.17) is 37.7 Å². The van der Waals surface area contributed by atoms with Gasteiger partial charge in [-0.3, -0.25) is 14.7 Å². The Morgan fingerprint density at radius 1 is 1.00 bits per heavy atom. The van der Waals surface area contributed by atoms with Crippen LogP contribution in [0.3, 0.4) is 0 Å². The van der Waals surface area contributed by atoms with E-state index in [1.54, 1.807) is 18.9 Å². The second-order valence-corrected chi connectivity index (χ2v) is 11.8. The number of halogens is 2. The second kappa shape index (κ2) is 12.8. The second-order valence-electron chi connectivity index (χ2n) is 11.0. The maximum atomic E-state index is 14.6. The van der Waals surface area contributed by atoms with Crippen molar-refractivity contribution in [1.29, 1.82) is 0 Å². The quantitative estimate of drug-likeness (QED) is 0.385. The molecule has 2 heterocycles. The van der Waals surface area contributed by atoms with Gasteiger partial charge in [0.1, 0.15) is 17.3 Å². The van der Waals surface area contributed by atoms with E-state index >= 15 is 0 Å². The molecule has 10 heteroatoms. The molecule has 0 radical (unpaired) electrons. The molecule has 42 heavy (non-hydrogen) atoms. The number of urea groups is 1. The Labute approximate surface area is 257 Å². The number of methoxy groups -OCH3 is 1. The first-order valence-corrected chi connectivity index (χ1v) is 15.0. The van der Waals surface area contributed by atoms with Gasteiger partial charge in [-0.05, 0) is 56.2 Å². The summed E-state index contributed by atoms with van der Waals surface area (Å²) in [6.07, 6.45) is 6.49. The predicted octanol–water partition coefficient (Wildman–Crippen LogP) is 6.29. The molecule has 3 aliphatic rings. The molecule has 3 unspecified atom stereocenters. The first-order valence-electron chi connectivity index (χ1n) is 14.2. The standard InChI is InChI=1S/C32H36Cl2N4O4/c1-20(2)42-28-19-26(41-4)13-14-27(28)31-35-29(22-5-9-24(33)10-6-22)30(23-7-11-25(34)12-8-23)38(31)32(40)37-17-15-36(16-18-37)21(3)39/h5-7,9-14,19-20,23,29-30H,8,15-18H2,1-4H3. The van der Waals surface area contributed by atoms with Gasteiger partial charge >= 0.3 is 6.03 Å². The third kappa shape index (κ3) is 6.30. The highest BCUT2D eigenvalue weighted by Gasteiger charge is 2.47. The van der Waals surface area contributed by atoms with Crippen LogP contribution in [0.1, 0.15) is 44.4 Å². The molecule has 0 bridgehead atoms. The van der Waals surface area contributed by atoms with E-state index in [2.05, 4.69) is 6.08 Å². The number of piperazine rings is 1. The number of carbonyl (C=O) groups excluding carboxylic acids is 2. The van der Waals surface area contributed by atoms with Gasteiger partial charge < -0.3 is 19.3 Å². The molecule has 222 valence electrons. The number of hydrogen-bond acceptors (Lipinski definition) is 5. The molecule has 8 nitrogen and oxygen atoms in total. The summed E-state index contributed by atoms with van der Waals surface area (Å²) in [6.45, 7) is 7.31. The minimum atomic E-state index is -0.367. The largest absolute Gasteiger partial charge is 0.497 e. The third-order valence-electron chi connectivity index (χ3n) is 7.84. The van der Waals surface area contributed by atoms with Gasteiger partial charge in [-0.15, -0.1) is 0 Å². The van der Waals surface area contributed by atoms with Crippen molar-refractivity contribution in [3.8, 4) is 11.5 Å². The van der Waals surface area contributed by atoms with Gasteiger partial charge in [0.05, 0.1) is 30.9 Å². The smallest absolute Gasteiger partial charge is 0.326 e. The first kappa shape index (κ1) is 30.0. The minimum Gasteiger partial charge on any atom is -0.497 e. The van der Waals surface area contributed by atoms with Crippen molar-refractivity contribution in [3.63, 3.8) is 0 Å². The van der Waals surface area contributed by atoms with Crippen LogP contribution in [0.5, 0.6) is 11.5 Å². The van der Waals surface area contributed by atoms with Gasteiger partial charge in [0.15, 0.2) is 0 Å². The zero-order valence-electron chi connectivity index (χ0n) is 24.3. The number of rotatable bonds is 6. The molecule has 0 saturated carbocycles. The molecule has 0 N–H and O–H groups in total. The lowest BCUT2D eigenvalue weighted by molar-refractivity contribution is -0.130. The fourth-order valence-corrected chi connectivity index (χ4v) is 6.01. The van der Waals surface area contributed by atoms with Crippen molar-refractivity contribution in [2.45, 2.75) is 45.4 Å². The van der Waals surface area contributed by atoms with Crippen LogP contribution in [0, 0.1) is 5.92 Å². The lowest BCUT2D eigenvalue weighted by Crippen LogP contribution is -2.57. The number of hydrogen-bond donors (Lipinski definition) is 0. The van der Waals surface area contributed by atoms with Crippen LogP contribution < -0.4 is 9.47 Å².